The fraction of sp³-hybridized carbons (Fsp3) is 0.300. The number of amides is 2. The molecule has 3 atom stereocenters. The van der Waals surface area contributed by atoms with E-state index in [0.29, 0.717) is 23.0 Å². The Morgan fingerprint density at radius 2 is 1.79 bits per heavy atom. The van der Waals surface area contributed by atoms with Gasteiger partial charge < -0.3 is 11.1 Å². The maximum Gasteiger partial charge on any atom is 0.251 e. The minimum atomic E-state index is -0.491. The molecular weight excluding hydrogens is 300 g/mol. The Labute approximate surface area is 142 Å². The van der Waals surface area contributed by atoms with Crippen molar-refractivity contribution in [2.45, 2.75) is 32.2 Å². The van der Waals surface area contributed by atoms with E-state index in [2.05, 4.69) is 43.4 Å². The van der Waals surface area contributed by atoms with E-state index in [9.17, 15) is 9.59 Å². The van der Waals surface area contributed by atoms with Crippen molar-refractivity contribution in [3.63, 3.8) is 0 Å². The number of hydrogen-bond donors (Lipinski definition) is 2. The van der Waals surface area contributed by atoms with Gasteiger partial charge in [0.2, 0.25) is 5.91 Å². The summed E-state index contributed by atoms with van der Waals surface area (Å²) in [5.74, 6) is 0.390. The number of benzene rings is 2. The highest BCUT2D eigenvalue weighted by Gasteiger charge is 2.42. The van der Waals surface area contributed by atoms with Crippen molar-refractivity contribution >= 4 is 11.8 Å². The van der Waals surface area contributed by atoms with E-state index in [1.165, 1.54) is 11.1 Å². The standard InChI is InChI=1S/C20H22N2O2/c1-12-4-3-5-16(10-12)18-11-17(18)13(2)22-20(24)15-8-6-14(7-9-15)19(21)23/h3-10,13,17-18H,11H2,1-2H3,(H2,21,23)(H,22,24)/t13-,17-,18-/m0/s1. The minimum Gasteiger partial charge on any atom is -0.366 e. The Balaban J connectivity index is 1.60. The molecule has 0 aliphatic heterocycles. The predicted molar refractivity (Wildman–Crippen MR) is 93.9 cm³/mol. The minimum absolute atomic E-state index is 0.110. The van der Waals surface area contributed by atoms with Gasteiger partial charge in [0.15, 0.2) is 0 Å². The summed E-state index contributed by atoms with van der Waals surface area (Å²) in [5.41, 5.74) is 8.78. The molecule has 3 rings (SSSR count). The lowest BCUT2D eigenvalue weighted by Crippen LogP contribution is -2.34. The maximum atomic E-state index is 12.3. The first-order chi connectivity index (χ1) is 11.5. The first-order valence-corrected chi connectivity index (χ1v) is 8.23. The average Bonchev–Trinajstić information content (AvgIpc) is 3.35. The van der Waals surface area contributed by atoms with Crippen LogP contribution in [0.25, 0.3) is 0 Å². The number of aryl methyl sites for hydroxylation is 1. The van der Waals surface area contributed by atoms with Crippen LogP contribution in [0, 0.1) is 12.8 Å². The van der Waals surface area contributed by atoms with Gasteiger partial charge in [-0.05, 0) is 61.9 Å². The van der Waals surface area contributed by atoms with Gasteiger partial charge in [0, 0.05) is 17.2 Å². The Hall–Kier alpha value is -2.62. The number of nitrogens with two attached hydrogens (primary N) is 1. The van der Waals surface area contributed by atoms with Crippen LogP contribution in [0.15, 0.2) is 48.5 Å². The Bertz CT molecular complexity index is 767. The zero-order valence-corrected chi connectivity index (χ0v) is 14.0. The maximum absolute atomic E-state index is 12.3. The van der Waals surface area contributed by atoms with E-state index in [-0.39, 0.29) is 11.9 Å². The molecule has 0 spiro atoms. The second-order valence-electron chi connectivity index (χ2n) is 6.62. The highest BCUT2D eigenvalue weighted by molar-refractivity contribution is 5.97. The van der Waals surface area contributed by atoms with E-state index >= 15 is 0 Å². The zero-order valence-electron chi connectivity index (χ0n) is 14.0. The molecule has 1 fully saturated rings. The van der Waals surface area contributed by atoms with Crippen LogP contribution in [0.3, 0.4) is 0 Å². The van der Waals surface area contributed by atoms with Gasteiger partial charge in [-0.1, -0.05) is 29.8 Å². The van der Waals surface area contributed by atoms with E-state index < -0.39 is 5.91 Å². The van der Waals surface area contributed by atoms with Crippen molar-refractivity contribution in [2.24, 2.45) is 11.7 Å². The molecule has 4 nitrogen and oxygen atoms in total. The molecule has 2 aromatic rings. The summed E-state index contributed by atoms with van der Waals surface area (Å²) in [6.45, 7) is 4.15. The van der Waals surface area contributed by atoms with Crippen LogP contribution >= 0.6 is 0 Å². The first-order valence-electron chi connectivity index (χ1n) is 8.23. The second-order valence-corrected chi connectivity index (χ2v) is 6.62. The third-order valence-corrected chi connectivity index (χ3v) is 4.74. The number of carbonyl (C=O) groups excluding carboxylic acids is 2. The SMILES string of the molecule is Cc1cccc([C@@H]2C[C@H]2[C@H](C)NC(=O)c2ccc(C(N)=O)cc2)c1. The number of carbonyl (C=O) groups is 2. The van der Waals surface area contributed by atoms with Gasteiger partial charge in [-0.2, -0.15) is 0 Å². The molecule has 4 heteroatoms. The summed E-state index contributed by atoms with van der Waals surface area (Å²) in [6.07, 6.45) is 1.10. The molecule has 3 N–H and O–H groups in total. The molecule has 0 aromatic heterocycles. The molecular formula is C20H22N2O2. The smallest absolute Gasteiger partial charge is 0.251 e. The van der Waals surface area contributed by atoms with Crippen LogP contribution in [0.4, 0.5) is 0 Å². The second kappa shape index (κ2) is 6.48. The van der Waals surface area contributed by atoms with Gasteiger partial charge in [0.25, 0.3) is 5.91 Å². The lowest BCUT2D eigenvalue weighted by molar-refractivity contribution is 0.0933. The molecule has 0 radical (unpaired) electrons. The third kappa shape index (κ3) is 3.48. The highest BCUT2D eigenvalue weighted by atomic mass is 16.2. The lowest BCUT2D eigenvalue weighted by Gasteiger charge is -2.14. The molecule has 2 amide bonds. The molecule has 124 valence electrons. The first kappa shape index (κ1) is 16.2. The highest BCUT2D eigenvalue weighted by Crippen LogP contribution is 2.49. The van der Waals surface area contributed by atoms with Gasteiger partial charge in [-0.15, -0.1) is 0 Å². The normalized spacial score (nSPS) is 20.2. The molecule has 0 heterocycles. The largest absolute Gasteiger partial charge is 0.366 e. The summed E-state index contributed by atoms with van der Waals surface area (Å²) in [4.78, 5) is 23.4. The number of hydrogen-bond acceptors (Lipinski definition) is 2. The summed E-state index contributed by atoms with van der Waals surface area (Å²) >= 11 is 0. The predicted octanol–water partition coefficient (Wildman–Crippen LogP) is 3.02. The van der Waals surface area contributed by atoms with Crippen LogP contribution in [0.5, 0.6) is 0 Å². The lowest BCUT2D eigenvalue weighted by atomic mass is 10.0. The van der Waals surface area contributed by atoms with Crippen LogP contribution < -0.4 is 11.1 Å². The van der Waals surface area contributed by atoms with Gasteiger partial charge in [0.1, 0.15) is 0 Å². The quantitative estimate of drug-likeness (QED) is 0.888. The Morgan fingerprint density at radius 1 is 1.12 bits per heavy atom. The fourth-order valence-electron chi connectivity index (χ4n) is 3.23. The zero-order chi connectivity index (χ0) is 17.3. The van der Waals surface area contributed by atoms with Crippen LogP contribution in [-0.4, -0.2) is 17.9 Å². The number of nitrogens with one attached hydrogen (secondary N) is 1. The van der Waals surface area contributed by atoms with Gasteiger partial charge >= 0.3 is 0 Å². The van der Waals surface area contributed by atoms with Crippen molar-refractivity contribution in [1.82, 2.24) is 5.32 Å². The average molecular weight is 322 g/mol. The molecule has 0 saturated heterocycles. The van der Waals surface area contributed by atoms with Gasteiger partial charge in [-0.25, -0.2) is 0 Å². The van der Waals surface area contributed by atoms with Crippen molar-refractivity contribution in [1.29, 1.82) is 0 Å². The van der Waals surface area contributed by atoms with Crippen molar-refractivity contribution in [2.75, 3.05) is 0 Å². The van der Waals surface area contributed by atoms with Crippen LogP contribution in [-0.2, 0) is 0 Å². The molecule has 24 heavy (non-hydrogen) atoms. The van der Waals surface area contributed by atoms with Crippen LogP contribution in [0.2, 0.25) is 0 Å². The molecule has 0 bridgehead atoms. The van der Waals surface area contributed by atoms with E-state index in [1.807, 2.05) is 0 Å². The Morgan fingerprint density at radius 3 is 2.42 bits per heavy atom. The van der Waals surface area contributed by atoms with Gasteiger partial charge in [-0.3, -0.25) is 9.59 Å². The molecule has 2 aromatic carbocycles. The molecule has 1 aliphatic rings. The number of rotatable bonds is 5. The number of primary amides is 1. The summed E-state index contributed by atoms with van der Waals surface area (Å²) < 4.78 is 0. The summed E-state index contributed by atoms with van der Waals surface area (Å²) in [6, 6.07) is 15.1. The molecule has 1 aliphatic carbocycles. The molecule has 1 saturated carbocycles. The fourth-order valence-corrected chi connectivity index (χ4v) is 3.23. The van der Waals surface area contributed by atoms with Crippen LogP contribution in [0.1, 0.15) is 51.1 Å². The monoisotopic (exact) mass is 322 g/mol. The topological polar surface area (TPSA) is 72.2 Å². The third-order valence-electron chi connectivity index (χ3n) is 4.74. The van der Waals surface area contributed by atoms with E-state index in [4.69, 9.17) is 5.73 Å². The van der Waals surface area contributed by atoms with Gasteiger partial charge in [0.05, 0.1) is 0 Å². The van der Waals surface area contributed by atoms with Crippen molar-refractivity contribution in [3.8, 4) is 0 Å². The Kier molecular flexibility index (Phi) is 4.38. The van der Waals surface area contributed by atoms with E-state index in [1.54, 1.807) is 24.3 Å². The summed E-state index contributed by atoms with van der Waals surface area (Å²) in [5, 5.41) is 3.07. The summed E-state index contributed by atoms with van der Waals surface area (Å²) in [7, 11) is 0. The van der Waals surface area contributed by atoms with Crippen molar-refractivity contribution in [3.05, 3.63) is 70.8 Å². The molecule has 0 unspecified atom stereocenters. The van der Waals surface area contributed by atoms with E-state index in [0.717, 1.165) is 6.42 Å². The van der Waals surface area contributed by atoms with Crippen molar-refractivity contribution < 1.29 is 9.59 Å².